The lowest BCUT2D eigenvalue weighted by atomic mass is 10.1. The Morgan fingerprint density at radius 1 is 1.37 bits per heavy atom. The molecule has 0 aromatic carbocycles. The summed E-state index contributed by atoms with van der Waals surface area (Å²) >= 11 is 0. The van der Waals surface area contributed by atoms with Gasteiger partial charge in [0.25, 0.3) is 5.56 Å². The number of aromatic nitrogens is 2. The number of H-pyrrole nitrogens is 2. The maximum atomic E-state index is 11.8. The molecule has 0 saturated heterocycles. The number of aromatic amines is 2. The third kappa shape index (κ3) is 4.62. The molecule has 19 heavy (non-hydrogen) atoms. The first-order chi connectivity index (χ1) is 8.72. The molecular formula is C10H17N3O5S. The van der Waals surface area contributed by atoms with Gasteiger partial charge in [-0.3, -0.25) is 9.78 Å². The molecule has 0 aliphatic carbocycles. The molecule has 0 aliphatic rings. The van der Waals surface area contributed by atoms with Crippen LogP contribution in [0.4, 0.5) is 0 Å². The minimum absolute atomic E-state index is 0.195. The van der Waals surface area contributed by atoms with Crippen LogP contribution in [0.15, 0.2) is 20.7 Å². The Kier molecular flexibility index (Phi) is 5.04. The number of aliphatic hydroxyl groups is 1. The van der Waals surface area contributed by atoms with Gasteiger partial charge in [0.15, 0.2) is 4.90 Å². The van der Waals surface area contributed by atoms with Crippen molar-refractivity contribution in [3.63, 3.8) is 0 Å². The number of nitrogens with one attached hydrogen (secondary N) is 3. The highest BCUT2D eigenvalue weighted by Crippen LogP contribution is 2.05. The van der Waals surface area contributed by atoms with Crippen molar-refractivity contribution < 1.29 is 13.5 Å². The van der Waals surface area contributed by atoms with Crippen molar-refractivity contribution in [3.05, 3.63) is 27.0 Å². The van der Waals surface area contributed by atoms with Gasteiger partial charge in [-0.2, -0.15) is 0 Å². The topological polar surface area (TPSA) is 132 Å². The van der Waals surface area contributed by atoms with Crippen molar-refractivity contribution in [3.8, 4) is 0 Å². The second-order valence-corrected chi connectivity index (χ2v) is 6.31. The van der Waals surface area contributed by atoms with E-state index in [4.69, 9.17) is 0 Å². The van der Waals surface area contributed by atoms with Crippen LogP contribution in [0, 0.1) is 5.92 Å². The number of aliphatic hydroxyl groups excluding tert-OH is 1. The molecule has 1 aromatic rings. The van der Waals surface area contributed by atoms with Crippen LogP contribution in [0.1, 0.15) is 20.3 Å². The molecule has 8 nitrogen and oxygen atoms in total. The van der Waals surface area contributed by atoms with E-state index in [-0.39, 0.29) is 12.5 Å². The number of hydrogen-bond acceptors (Lipinski definition) is 5. The fraction of sp³-hybridized carbons (Fsp3) is 0.600. The van der Waals surface area contributed by atoms with Gasteiger partial charge in [0.1, 0.15) is 0 Å². The van der Waals surface area contributed by atoms with Crippen LogP contribution >= 0.6 is 0 Å². The highest BCUT2D eigenvalue weighted by atomic mass is 32.2. The first-order valence-electron chi connectivity index (χ1n) is 5.72. The lowest BCUT2D eigenvalue weighted by molar-refractivity contribution is 0.152. The Hall–Kier alpha value is -1.45. The first-order valence-corrected chi connectivity index (χ1v) is 7.20. The van der Waals surface area contributed by atoms with Crippen molar-refractivity contribution in [2.24, 2.45) is 5.92 Å². The molecule has 1 unspecified atom stereocenters. The molecule has 0 spiro atoms. The molecule has 0 bridgehead atoms. The Bertz CT molecular complexity index is 631. The monoisotopic (exact) mass is 291 g/mol. The average molecular weight is 291 g/mol. The quantitative estimate of drug-likeness (QED) is 0.520. The Morgan fingerprint density at radius 2 is 2.00 bits per heavy atom. The summed E-state index contributed by atoms with van der Waals surface area (Å²) in [5.41, 5.74) is -1.79. The molecule has 0 fully saturated rings. The molecule has 9 heteroatoms. The van der Waals surface area contributed by atoms with Crippen LogP contribution in [-0.4, -0.2) is 36.1 Å². The van der Waals surface area contributed by atoms with Gasteiger partial charge in [-0.25, -0.2) is 17.9 Å². The van der Waals surface area contributed by atoms with Crippen molar-refractivity contribution >= 4 is 10.0 Å². The number of hydrogen-bond donors (Lipinski definition) is 4. The molecule has 1 atom stereocenters. The lowest BCUT2D eigenvalue weighted by Crippen LogP contribution is -2.37. The predicted molar refractivity (Wildman–Crippen MR) is 68.3 cm³/mol. The fourth-order valence-electron chi connectivity index (χ4n) is 1.51. The van der Waals surface area contributed by atoms with Crippen LogP contribution in [0.25, 0.3) is 0 Å². The molecule has 1 heterocycles. The molecule has 0 saturated carbocycles. The van der Waals surface area contributed by atoms with Crippen molar-refractivity contribution in [2.45, 2.75) is 31.3 Å². The molecule has 0 aliphatic heterocycles. The van der Waals surface area contributed by atoms with Crippen LogP contribution < -0.4 is 16.0 Å². The second-order valence-electron chi connectivity index (χ2n) is 4.57. The smallest absolute Gasteiger partial charge is 0.325 e. The third-order valence-corrected chi connectivity index (χ3v) is 3.76. The highest BCUT2D eigenvalue weighted by molar-refractivity contribution is 7.89. The Morgan fingerprint density at radius 3 is 2.53 bits per heavy atom. The number of sulfonamides is 1. The van der Waals surface area contributed by atoms with Gasteiger partial charge in [-0.05, 0) is 12.3 Å². The van der Waals surface area contributed by atoms with E-state index in [2.05, 4.69) is 9.71 Å². The normalized spacial score (nSPS) is 13.7. The first kappa shape index (κ1) is 15.6. The van der Waals surface area contributed by atoms with Gasteiger partial charge >= 0.3 is 5.69 Å². The molecule has 0 radical (unpaired) electrons. The van der Waals surface area contributed by atoms with E-state index in [0.29, 0.717) is 6.42 Å². The second kappa shape index (κ2) is 6.13. The van der Waals surface area contributed by atoms with Crippen molar-refractivity contribution in [1.82, 2.24) is 14.7 Å². The Labute approximate surface area is 109 Å². The highest BCUT2D eigenvalue weighted by Gasteiger charge is 2.20. The summed E-state index contributed by atoms with van der Waals surface area (Å²) in [6.45, 7) is 3.59. The van der Waals surface area contributed by atoms with Gasteiger partial charge in [-0.15, -0.1) is 0 Å². The zero-order valence-corrected chi connectivity index (χ0v) is 11.5. The van der Waals surface area contributed by atoms with E-state index < -0.39 is 32.3 Å². The van der Waals surface area contributed by atoms with Gasteiger partial charge in [0, 0.05) is 12.7 Å². The van der Waals surface area contributed by atoms with Gasteiger partial charge < -0.3 is 10.1 Å². The maximum absolute atomic E-state index is 11.8. The van der Waals surface area contributed by atoms with E-state index in [0.717, 1.165) is 6.20 Å². The fourth-order valence-corrected chi connectivity index (χ4v) is 2.58. The lowest BCUT2D eigenvalue weighted by Gasteiger charge is -2.13. The zero-order chi connectivity index (χ0) is 14.6. The molecule has 1 rings (SSSR count). The summed E-state index contributed by atoms with van der Waals surface area (Å²) in [4.78, 5) is 25.4. The Balaban J connectivity index is 2.82. The van der Waals surface area contributed by atoms with Gasteiger partial charge in [-0.1, -0.05) is 13.8 Å². The minimum Gasteiger partial charge on any atom is -0.392 e. The zero-order valence-electron chi connectivity index (χ0n) is 10.6. The SMILES string of the molecule is CC(C)CC(O)CNS(=O)(=O)c1c[nH]c(=O)[nH]c1=O. The number of rotatable bonds is 6. The molecular weight excluding hydrogens is 274 g/mol. The summed E-state index contributed by atoms with van der Waals surface area (Å²) in [5, 5.41) is 9.57. The largest absolute Gasteiger partial charge is 0.392 e. The molecule has 108 valence electrons. The summed E-state index contributed by atoms with van der Waals surface area (Å²) < 4.78 is 25.7. The molecule has 4 N–H and O–H groups in total. The van der Waals surface area contributed by atoms with Gasteiger partial charge in [0.2, 0.25) is 10.0 Å². The minimum atomic E-state index is -4.06. The standard InChI is InChI=1S/C10H17N3O5S/c1-6(2)3-7(14)4-12-19(17,18)8-5-11-10(16)13-9(8)15/h5-7,12,14H,3-4H2,1-2H3,(H2,11,13,15,16). The van der Waals surface area contributed by atoms with E-state index in [1.165, 1.54) is 0 Å². The van der Waals surface area contributed by atoms with Crippen LogP contribution in [-0.2, 0) is 10.0 Å². The van der Waals surface area contributed by atoms with Gasteiger partial charge in [0.05, 0.1) is 6.10 Å². The predicted octanol–water partition coefficient (Wildman–Crippen LogP) is -1.25. The average Bonchev–Trinajstić information content (AvgIpc) is 2.25. The van der Waals surface area contributed by atoms with E-state index in [1.54, 1.807) is 0 Å². The molecule has 0 amide bonds. The summed E-state index contributed by atoms with van der Waals surface area (Å²) in [6.07, 6.45) is 0.416. The van der Waals surface area contributed by atoms with E-state index in [1.807, 2.05) is 18.8 Å². The summed E-state index contributed by atoms with van der Waals surface area (Å²) in [6, 6.07) is 0. The summed E-state index contributed by atoms with van der Waals surface area (Å²) in [5.74, 6) is 0.219. The van der Waals surface area contributed by atoms with Crippen LogP contribution in [0.3, 0.4) is 0 Å². The van der Waals surface area contributed by atoms with E-state index in [9.17, 15) is 23.1 Å². The maximum Gasteiger partial charge on any atom is 0.325 e. The third-order valence-electron chi connectivity index (χ3n) is 2.33. The van der Waals surface area contributed by atoms with Crippen LogP contribution in [0.5, 0.6) is 0 Å². The van der Waals surface area contributed by atoms with E-state index >= 15 is 0 Å². The molecule has 1 aromatic heterocycles. The summed E-state index contributed by atoms with van der Waals surface area (Å²) in [7, 11) is -4.06. The van der Waals surface area contributed by atoms with Crippen molar-refractivity contribution in [2.75, 3.05) is 6.54 Å². The van der Waals surface area contributed by atoms with Crippen LogP contribution in [0.2, 0.25) is 0 Å². The van der Waals surface area contributed by atoms with Crippen molar-refractivity contribution in [1.29, 1.82) is 0 Å².